The van der Waals surface area contributed by atoms with Gasteiger partial charge in [0, 0.05) is 45.0 Å². The third kappa shape index (κ3) is 3.71. The molecule has 1 fully saturated rings. The third-order valence-electron chi connectivity index (χ3n) is 7.01. The van der Waals surface area contributed by atoms with E-state index in [1.165, 1.54) is 16.8 Å². The lowest BCUT2D eigenvalue weighted by atomic mass is 10.1. The van der Waals surface area contributed by atoms with Crippen molar-refractivity contribution in [3.63, 3.8) is 0 Å². The fraction of sp³-hybridized carbons (Fsp3) is 0.292. The molecule has 0 radical (unpaired) electrons. The zero-order valence-corrected chi connectivity index (χ0v) is 20.9. The van der Waals surface area contributed by atoms with Crippen molar-refractivity contribution in [2.24, 2.45) is 0 Å². The summed E-state index contributed by atoms with van der Waals surface area (Å²) in [5.74, 6) is 0.540. The monoisotopic (exact) mass is 535 g/mol. The van der Waals surface area contributed by atoms with Gasteiger partial charge in [0.2, 0.25) is 17.7 Å². The Morgan fingerprint density at radius 1 is 1.11 bits per heavy atom. The number of benzene rings is 1. The van der Waals surface area contributed by atoms with Crippen LogP contribution in [0.2, 0.25) is 0 Å². The van der Waals surface area contributed by atoms with Crippen molar-refractivity contribution in [2.75, 3.05) is 48.7 Å². The van der Waals surface area contributed by atoms with Crippen LogP contribution >= 0.6 is 11.3 Å². The van der Waals surface area contributed by atoms with E-state index in [-0.39, 0.29) is 29.0 Å². The van der Waals surface area contributed by atoms with Crippen molar-refractivity contribution in [1.29, 1.82) is 0 Å². The summed E-state index contributed by atoms with van der Waals surface area (Å²) < 4.78 is 23.8. The summed E-state index contributed by atoms with van der Waals surface area (Å²) in [6.45, 7) is 3.75. The molecule has 0 bridgehead atoms. The van der Waals surface area contributed by atoms with E-state index >= 15 is 0 Å². The van der Waals surface area contributed by atoms with Crippen LogP contribution in [0.4, 0.5) is 21.7 Å². The molecule has 3 N–H and O–H groups in total. The van der Waals surface area contributed by atoms with Crippen LogP contribution in [-0.2, 0) is 17.8 Å². The van der Waals surface area contributed by atoms with Gasteiger partial charge in [0.05, 0.1) is 18.4 Å². The first-order chi connectivity index (χ1) is 18.4. The molecule has 2 aliphatic rings. The molecule has 6 heterocycles. The molecule has 7 rings (SSSR count). The van der Waals surface area contributed by atoms with Gasteiger partial charge in [-0.25, -0.2) is 9.37 Å². The highest BCUT2D eigenvalue weighted by Gasteiger charge is 2.25. The van der Waals surface area contributed by atoms with Gasteiger partial charge in [-0.05, 0) is 29.8 Å². The molecule has 194 valence electrons. The van der Waals surface area contributed by atoms with Gasteiger partial charge in [0.25, 0.3) is 0 Å². The SMILES string of the molecule is Nc1nc2c(sc(=O)n2CCN2CCN(c3cc4c(cc3F)NC(=O)C4)CC2)c2nc(-c3ccco3)nn12. The van der Waals surface area contributed by atoms with E-state index in [4.69, 9.17) is 10.2 Å². The maximum absolute atomic E-state index is 14.7. The number of carbonyl (C=O) groups excluding carboxylic acids is 1. The number of anilines is 3. The lowest BCUT2D eigenvalue weighted by Gasteiger charge is -2.36. The molecular formula is C24H22FN9O3S. The van der Waals surface area contributed by atoms with Gasteiger partial charge in [0.1, 0.15) is 10.5 Å². The summed E-state index contributed by atoms with van der Waals surface area (Å²) >= 11 is 1.06. The number of amides is 1. The Labute approximate surface area is 218 Å². The number of carbonyl (C=O) groups is 1. The number of nitrogens with zero attached hydrogens (tertiary/aromatic N) is 7. The molecule has 0 atom stereocenters. The highest BCUT2D eigenvalue weighted by atomic mass is 32.1. The van der Waals surface area contributed by atoms with Crippen molar-refractivity contribution in [3.8, 4) is 11.6 Å². The lowest BCUT2D eigenvalue weighted by molar-refractivity contribution is -0.115. The van der Waals surface area contributed by atoms with E-state index < -0.39 is 0 Å². The number of rotatable bonds is 5. The average molecular weight is 536 g/mol. The number of thiazole rings is 1. The molecule has 0 unspecified atom stereocenters. The first kappa shape index (κ1) is 22.9. The zero-order valence-electron chi connectivity index (χ0n) is 20.1. The molecule has 12 nitrogen and oxygen atoms in total. The summed E-state index contributed by atoms with van der Waals surface area (Å²) in [7, 11) is 0. The number of hydrogen-bond donors (Lipinski definition) is 2. The molecule has 0 aliphatic carbocycles. The number of hydrogen-bond acceptors (Lipinski definition) is 10. The standard InChI is InChI=1S/C24H22FN9O3S/c25-14-12-15-13(11-18(35)27-15)10-16(14)32-6-3-31(4-7-32)5-8-33-21-19(38-24(33)36)22-28-20(17-2-1-9-37-17)30-34(22)23(26)29-21/h1-2,9-10,12H,3-8,11H2,(H2,26,29)(H,27,35). The van der Waals surface area contributed by atoms with E-state index in [2.05, 4.69) is 25.3 Å². The van der Waals surface area contributed by atoms with Gasteiger partial charge in [-0.1, -0.05) is 11.3 Å². The maximum atomic E-state index is 14.7. The largest absolute Gasteiger partial charge is 0.461 e. The van der Waals surface area contributed by atoms with Gasteiger partial charge in [-0.15, -0.1) is 5.10 Å². The van der Waals surface area contributed by atoms with E-state index in [1.807, 2.05) is 4.90 Å². The number of piperazine rings is 1. The number of halogens is 1. The van der Waals surface area contributed by atoms with Crippen LogP contribution in [0.3, 0.4) is 0 Å². The van der Waals surface area contributed by atoms with Crippen LogP contribution in [0, 0.1) is 5.82 Å². The van der Waals surface area contributed by atoms with Gasteiger partial charge in [-0.3, -0.25) is 19.1 Å². The van der Waals surface area contributed by atoms with Crippen molar-refractivity contribution in [3.05, 3.63) is 51.6 Å². The Balaban J connectivity index is 1.08. The van der Waals surface area contributed by atoms with Crippen LogP contribution in [0.5, 0.6) is 0 Å². The van der Waals surface area contributed by atoms with Crippen molar-refractivity contribution >= 4 is 50.6 Å². The summed E-state index contributed by atoms with van der Waals surface area (Å²) in [5, 5.41) is 7.07. The Hall–Kier alpha value is -4.30. The molecular weight excluding hydrogens is 513 g/mol. The second-order valence-electron chi connectivity index (χ2n) is 9.30. The highest BCUT2D eigenvalue weighted by molar-refractivity contribution is 7.17. The first-order valence-corrected chi connectivity index (χ1v) is 13.0. The number of fused-ring (bicyclic) bond motifs is 4. The molecule has 4 aromatic heterocycles. The second-order valence-corrected chi connectivity index (χ2v) is 10.3. The molecule has 0 saturated carbocycles. The molecule has 5 aromatic rings. The topological polar surface area (TPSA) is 140 Å². The van der Waals surface area contributed by atoms with Gasteiger partial charge in [0.15, 0.2) is 17.1 Å². The van der Waals surface area contributed by atoms with Crippen molar-refractivity contribution < 1.29 is 13.6 Å². The molecule has 14 heteroatoms. The Morgan fingerprint density at radius 3 is 2.74 bits per heavy atom. The maximum Gasteiger partial charge on any atom is 0.309 e. The first-order valence-electron chi connectivity index (χ1n) is 12.1. The van der Waals surface area contributed by atoms with Gasteiger partial charge in [-0.2, -0.15) is 9.50 Å². The summed E-state index contributed by atoms with van der Waals surface area (Å²) in [6.07, 6.45) is 1.81. The van der Waals surface area contributed by atoms with Crippen LogP contribution in [-0.4, -0.2) is 67.7 Å². The predicted octanol–water partition coefficient (Wildman–Crippen LogP) is 1.80. The van der Waals surface area contributed by atoms with Crippen LogP contribution in [0.1, 0.15) is 5.56 Å². The Morgan fingerprint density at radius 2 is 1.95 bits per heavy atom. The summed E-state index contributed by atoms with van der Waals surface area (Å²) in [6, 6.07) is 6.67. The molecule has 38 heavy (non-hydrogen) atoms. The summed E-state index contributed by atoms with van der Waals surface area (Å²) in [5.41, 5.74) is 9.00. The Bertz CT molecular complexity index is 1770. The normalized spacial score (nSPS) is 16.0. The molecule has 0 spiro atoms. The van der Waals surface area contributed by atoms with E-state index in [9.17, 15) is 14.0 Å². The lowest BCUT2D eigenvalue weighted by Crippen LogP contribution is -2.47. The minimum absolute atomic E-state index is 0.114. The second kappa shape index (κ2) is 8.63. The predicted molar refractivity (Wildman–Crippen MR) is 140 cm³/mol. The third-order valence-corrected chi connectivity index (χ3v) is 7.97. The van der Waals surface area contributed by atoms with Crippen LogP contribution in [0.25, 0.3) is 27.6 Å². The molecule has 2 aliphatic heterocycles. The Kier molecular flexibility index (Phi) is 5.19. The zero-order chi connectivity index (χ0) is 26.0. The fourth-order valence-corrected chi connectivity index (χ4v) is 6.00. The van der Waals surface area contributed by atoms with E-state index in [0.29, 0.717) is 78.2 Å². The van der Waals surface area contributed by atoms with Crippen molar-refractivity contribution in [1.82, 2.24) is 29.0 Å². The smallest absolute Gasteiger partial charge is 0.309 e. The number of furan rings is 1. The number of nitrogen functional groups attached to an aromatic ring is 1. The molecule has 1 amide bonds. The summed E-state index contributed by atoms with van der Waals surface area (Å²) in [4.78, 5) is 37.7. The fourth-order valence-electron chi connectivity index (χ4n) is 5.07. The van der Waals surface area contributed by atoms with E-state index in [0.717, 1.165) is 16.9 Å². The molecule has 1 saturated heterocycles. The number of aromatic nitrogens is 5. The average Bonchev–Trinajstić information content (AvgIpc) is 3.68. The minimum Gasteiger partial charge on any atom is -0.461 e. The van der Waals surface area contributed by atoms with Crippen molar-refractivity contribution in [2.45, 2.75) is 13.0 Å². The van der Waals surface area contributed by atoms with Gasteiger partial charge >= 0.3 is 4.87 Å². The number of nitrogens with two attached hydrogens (primary N) is 1. The minimum atomic E-state index is -0.339. The quantitative estimate of drug-likeness (QED) is 0.345. The van der Waals surface area contributed by atoms with Crippen LogP contribution in [0.15, 0.2) is 39.7 Å². The van der Waals surface area contributed by atoms with Crippen LogP contribution < -0.4 is 20.8 Å². The highest BCUT2D eigenvalue weighted by Crippen LogP contribution is 2.31. The number of nitrogens with one attached hydrogen (secondary N) is 1. The van der Waals surface area contributed by atoms with E-state index in [1.54, 1.807) is 22.8 Å². The molecule has 1 aromatic carbocycles. The van der Waals surface area contributed by atoms with Gasteiger partial charge < -0.3 is 20.4 Å².